The molecule has 0 atom stereocenters. The van der Waals surface area contributed by atoms with Gasteiger partial charge in [0.25, 0.3) is 0 Å². The van der Waals surface area contributed by atoms with Crippen LogP contribution >= 0.6 is 34.3 Å². The molecule has 0 aliphatic rings. The number of aryl methyl sites for hydroxylation is 4. The van der Waals surface area contributed by atoms with Crippen molar-refractivity contribution in [1.82, 2.24) is 4.98 Å². The van der Waals surface area contributed by atoms with E-state index in [2.05, 4.69) is 16.4 Å². The van der Waals surface area contributed by atoms with E-state index in [1.54, 1.807) is 22.7 Å². The molecule has 3 aromatic rings. The molecule has 0 unspecified atom stereocenters. The normalized spacial score (nSPS) is 10.9. The number of halogens is 1. The Kier molecular flexibility index (Phi) is 5.57. The zero-order valence-electron chi connectivity index (χ0n) is 14.4. The molecular weight excluding hydrogens is 372 g/mol. The van der Waals surface area contributed by atoms with E-state index in [1.165, 1.54) is 0 Å². The Bertz CT molecular complexity index is 877. The SMILES string of the molecule is Cc1cc(C)c(NC(=O)CCc2sc(C)nc2-c2cccs2)c(Cl)c1. The van der Waals surface area contributed by atoms with Crippen LogP contribution in [0, 0.1) is 20.8 Å². The number of anilines is 1. The number of thiazole rings is 1. The van der Waals surface area contributed by atoms with Crippen molar-refractivity contribution >= 4 is 45.9 Å². The van der Waals surface area contributed by atoms with E-state index in [9.17, 15) is 4.79 Å². The van der Waals surface area contributed by atoms with Gasteiger partial charge in [0, 0.05) is 11.3 Å². The third kappa shape index (κ3) is 4.29. The summed E-state index contributed by atoms with van der Waals surface area (Å²) in [4.78, 5) is 19.3. The Labute approximate surface area is 160 Å². The topological polar surface area (TPSA) is 42.0 Å². The molecule has 1 N–H and O–H groups in total. The third-order valence-corrected chi connectivity index (χ3v) is 6.04. The van der Waals surface area contributed by atoms with Crippen LogP contribution in [0.1, 0.15) is 27.4 Å². The van der Waals surface area contributed by atoms with Gasteiger partial charge in [0.2, 0.25) is 5.91 Å². The highest BCUT2D eigenvalue weighted by atomic mass is 35.5. The van der Waals surface area contributed by atoms with Crippen LogP contribution in [0.3, 0.4) is 0 Å². The standard InChI is InChI=1S/C19H19ClN2OS2/c1-11-9-12(2)18(14(20)10-11)22-17(23)7-6-16-19(21-13(3)25-16)15-5-4-8-24-15/h4-5,8-10H,6-7H2,1-3H3,(H,22,23). The molecule has 3 rings (SSSR count). The molecule has 1 amide bonds. The summed E-state index contributed by atoms with van der Waals surface area (Å²) in [5, 5.41) is 6.60. The second kappa shape index (κ2) is 7.68. The summed E-state index contributed by atoms with van der Waals surface area (Å²) in [6.07, 6.45) is 1.08. The fourth-order valence-corrected chi connectivity index (χ4v) is 4.87. The van der Waals surface area contributed by atoms with Gasteiger partial charge in [0.05, 0.1) is 26.3 Å². The fourth-order valence-electron chi connectivity index (χ4n) is 2.75. The van der Waals surface area contributed by atoms with Gasteiger partial charge in [0.1, 0.15) is 0 Å². The van der Waals surface area contributed by atoms with Crippen LogP contribution in [-0.2, 0) is 11.2 Å². The van der Waals surface area contributed by atoms with E-state index in [4.69, 9.17) is 11.6 Å². The highest BCUT2D eigenvalue weighted by Crippen LogP contribution is 2.32. The van der Waals surface area contributed by atoms with Gasteiger partial charge in [-0.3, -0.25) is 4.79 Å². The fraction of sp³-hybridized carbons (Fsp3) is 0.263. The maximum Gasteiger partial charge on any atom is 0.224 e. The van der Waals surface area contributed by atoms with Gasteiger partial charge in [-0.05, 0) is 55.8 Å². The molecule has 0 spiro atoms. The van der Waals surface area contributed by atoms with Crippen molar-refractivity contribution in [2.75, 3.05) is 5.32 Å². The molecule has 130 valence electrons. The highest BCUT2D eigenvalue weighted by molar-refractivity contribution is 7.15. The predicted octanol–water partition coefficient (Wildman–Crippen LogP) is 6.02. The summed E-state index contributed by atoms with van der Waals surface area (Å²) >= 11 is 9.60. The second-order valence-electron chi connectivity index (χ2n) is 5.97. The van der Waals surface area contributed by atoms with Gasteiger partial charge >= 0.3 is 0 Å². The molecular formula is C19H19ClN2OS2. The van der Waals surface area contributed by atoms with Crippen LogP contribution in [0.2, 0.25) is 5.02 Å². The van der Waals surface area contributed by atoms with Crippen LogP contribution in [0.5, 0.6) is 0 Å². The van der Waals surface area contributed by atoms with Gasteiger partial charge in [-0.15, -0.1) is 22.7 Å². The number of nitrogens with zero attached hydrogens (tertiary/aromatic N) is 1. The molecule has 0 saturated heterocycles. The van der Waals surface area contributed by atoms with Gasteiger partial charge in [0.15, 0.2) is 0 Å². The summed E-state index contributed by atoms with van der Waals surface area (Å²) in [5.74, 6) is -0.0305. The first-order chi connectivity index (χ1) is 11.9. The Morgan fingerprint density at radius 2 is 2.08 bits per heavy atom. The van der Waals surface area contributed by atoms with Gasteiger partial charge < -0.3 is 5.32 Å². The van der Waals surface area contributed by atoms with E-state index < -0.39 is 0 Å². The number of hydrogen-bond donors (Lipinski definition) is 1. The molecule has 0 aliphatic carbocycles. The maximum absolute atomic E-state index is 12.4. The van der Waals surface area contributed by atoms with E-state index in [0.717, 1.165) is 31.6 Å². The quantitative estimate of drug-likeness (QED) is 0.578. The molecule has 0 bridgehead atoms. The Hall–Kier alpha value is -1.69. The van der Waals surface area contributed by atoms with Crippen LogP contribution in [0.15, 0.2) is 29.6 Å². The van der Waals surface area contributed by atoms with Gasteiger partial charge in [-0.25, -0.2) is 4.98 Å². The van der Waals surface area contributed by atoms with E-state index in [0.29, 0.717) is 23.6 Å². The molecule has 2 heterocycles. The van der Waals surface area contributed by atoms with Crippen molar-refractivity contribution in [3.05, 3.63) is 55.7 Å². The lowest BCUT2D eigenvalue weighted by atomic mass is 10.1. The summed E-state index contributed by atoms with van der Waals surface area (Å²) in [6.45, 7) is 5.94. The smallest absolute Gasteiger partial charge is 0.224 e. The number of thiophene rings is 1. The van der Waals surface area contributed by atoms with Gasteiger partial charge in [-0.2, -0.15) is 0 Å². The minimum Gasteiger partial charge on any atom is -0.325 e. The lowest BCUT2D eigenvalue weighted by Crippen LogP contribution is -2.13. The zero-order chi connectivity index (χ0) is 18.0. The van der Waals surface area contributed by atoms with Crippen LogP contribution < -0.4 is 5.32 Å². The van der Waals surface area contributed by atoms with Crippen molar-refractivity contribution in [2.24, 2.45) is 0 Å². The minimum absolute atomic E-state index is 0.0305. The van der Waals surface area contributed by atoms with Gasteiger partial charge in [-0.1, -0.05) is 23.7 Å². The number of carbonyl (C=O) groups is 1. The van der Waals surface area contributed by atoms with Crippen LogP contribution in [0.4, 0.5) is 5.69 Å². The Morgan fingerprint density at radius 1 is 1.28 bits per heavy atom. The second-order valence-corrected chi connectivity index (χ2v) is 8.61. The Morgan fingerprint density at radius 3 is 2.76 bits per heavy atom. The van der Waals surface area contributed by atoms with Crippen molar-refractivity contribution in [3.63, 3.8) is 0 Å². The van der Waals surface area contributed by atoms with Crippen molar-refractivity contribution in [3.8, 4) is 10.6 Å². The average molecular weight is 391 g/mol. The van der Waals surface area contributed by atoms with Crippen LogP contribution in [-0.4, -0.2) is 10.9 Å². The Balaban J connectivity index is 1.70. The minimum atomic E-state index is -0.0305. The predicted molar refractivity (Wildman–Crippen MR) is 108 cm³/mol. The van der Waals surface area contributed by atoms with Crippen molar-refractivity contribution in [1.29, 1.82) is 0 Å². The number of benzene rings is 1. The molecule has 1 aromatic carbocycles. The first-order valence-electron chi connectivity index (χ1n) is 8.01. The average Bonchev–Trinajstić information content (AvgIpc) is 3.18. The maximum atomic E-state index is 12.4. The number of nitrogens with one attached hydrogen (secondary N) is 1. The number of rotatable bonds is 5. The van der Waals surface area contributed by atoms with E-state index >= 15 is 0 Å². The highest BCUT2D eigenvalue weighted by Gasteiger charge is 2.15. The van der Waals surface area contributed by atoms with E-state index in [-0.39, 0.29) is 5.91 Å². The summed E-state index contributed by atoms with van der Waals surface area (Å²) < 4.78 is 0. The first kappa shape index (κ1) is 18.1. The molecule has 6 heteroatoms. The zero-order valence-corrected chi connectivity index (χ0v) is 16.7. The number of amides is 1. The summed E-state index contributed by atoms with van der Waals surface area (Å²) in [6, 6.07) is 7.97. The molecule has 0 saturated carbocycles. The monoisotopic (exact) mass is 390 g/mol. The molecule has 3 nitrogen and oxygen atoms in total. The number of hydrogen-bond acceptors (Lipinski definition) is 4. The summed E-state index contributed by atoms with van der Waals surface area (Å²) in [7, 11) is 0. The number of aromatic nitrogens is 1. The summed E-state index contributed by atoms with van der Waals surface area (Å²) in [5.41, 5.74) is 3.78. The number of carbonyl (C=O) groups excluding carboxylic acids is 1. The van der Waals surface area contributed by atoms with Crippen LogP contribution in [0.25, 0.3) is 10.6 Å². The lowest BCUT2D eigenvalue weighted by Gasteiger charge is -2.11. The molecule has 25 heavy (non-hydrogen) atoms. The third-order valence-electron chi connectivity index (χ3n) is 3.83. The van der Waals surface area contributed by atoms with Crippen molar-refractivity contribution < 1.29 is 4.79 Å². The van der Waals surface area contributed by atoms with E-state index in [1.807, 2.05) is 44.4 Å². The molecule has 2 aromatic heterocycles. The largest absolute Gasteiger partial charge is 0.325 e. The lowest BCUT2D eigenvalue weighted by molar-refractivity contribution is -0.116. The van der Waals surface area contributed by atoms with Crippen molar-refractivity contribution in [2.45, 2.75) is 33.6 Å². The molecule has 0 radical (unpaired) electrons. The molecule has 0 aliphatic heterocycles. The molecule has 0 fully saturated rings. The first-order valence-corrected chi connectivity index (χ1v) is 10.1.